The molecule has 0 bridgehead atoms. The first-order valence-electron chi connectivity index (χ1n) is 6.93. The Bertz CT molecular complexity index is 511. The minimum atomic E-state index is -0.808. The average Bonchev–Trinajstić information content (AvgIpc) is 2.41. The average molecular weight is 293 g/mol. The van der Waals surface area contributed by atoms with Crippen LogP contribution in [0.5, 0.6) is 5.75 Å². The molecule has 0 aromatic heterocycles. The first-order valence-corrected chi connectivity index (χ1v) is 6.93. The molecule has 1 amide bonds. The van der Waals surface area contributed by atoms with Gasteiger partial charge in [0.25, 0.3) is 0 Å². The van der Waals surface area contributed by atoms with E-state index in [2.05, 4.69) is 23.9 Å². The first kappa shape index (κ1) is 17.0. The Morgan fingerprint density at radius 1 is 1.29 bits per heavy atom. The van der Waals surface area contributed by atoms with E-state index in [0.717, 1.165) is 5.56 Å². The van der Waals surface area contributed by atoms with Crippen molar-refractivity contribution in [3.63, 3.8) is 0 Å². The molecule has 0 spiro atoms. The highest BCUT2D eigenvalue weighted by Crippen LogP contribution is 2.23. The molecule has 116 valence electrons. The molecule has 0 radical (unpaired) electrons. The van der Waals surface area contributed by atoms with Crippen molar-refractivity contribution in [2.24, 2.45) is 0 Å². The molecule has 1 aromatic rings. The monoisotopic (exact) mass is 293 g/mol. The van der Waals surface area contributed by atoms with Crippen molar-refractivity contribution in [2.45, 2.75) is 39.7 Å². The lowest BCUT2D eigenvalue weighted by Crippen LogP contribution is -2.44. The van der Waals surface area contributed by atoms with E-state index in [4.69, 9.17) is 4.74 Å². The van der Waals surface area contributed by atoms with Crippen LogP contribution in [0, 0.1) is 6.92 Å². The van der Waals surface area contributed by atoms with Crippen molar-refractivity contribution in [2.75, 3.05) is 13.7 Å². The smallest absolute Gasteiger partial charge is 0.331 e. The van der Waals surface area contributed by atoms with Gasteiger partial charge in [0.15, 0.2) is 6.04 Å². The highest BCUT2D eigenvalue weighted by atomic mass is 16.5. The summed E-state index contributed by atoms with van der Waals surface area (Å²) in [5.74, 6) is 0.276. The van der Waals surface area contributed by atoms with Crippen LogP contribution in [0.1, 0.15) is 37.8 Å². The summed E-state index contributed by atoms with van der Waals surface area (Å²) in [7, 11) is 1.28. The van der Waals surface area contributed by atoms with Crippen molar-refractivity contribution in [3.05, 3.63) is 29.3 Å². The lowest BCUT2D eigenvalue weighted by Gasteiger charge is -2.17. The minimum Gasteiger partial charge on any atom is -0.491 e. The Morgan fingerprint density at radius 3 is 2.43 bits per heavy atom. The third-order valence-corrected chi connectivity index (χ3v) is 3.14. The maximum atomic E-state index is 11.6. The van der Waals surface area contributed by atoms with Gasteiger partial charge < -0.3 is 14.8 Å². The summed E-state index contributed by atoms with van der Waals surface area (Å²) in [5, 5.41) is 2.51. The highest BCUT2D eigenvalue weighted by Gasteiger charge is 2.21. The Hall–Kier alpha value is -2.04. The third-order valence-electron chi connectivity index (χ3n) is 3.14. The van der Waals surface area contributed by atoms with Gasteiger partial charge in [0, 0.05) is 6.92 Å². The molecule has 5 heteroatoms. The number of benzene rings is 1. The summed E-state index contributed by atoms with van der Waals surface area (Å²) in [4.78, 5) is 22.6. The van der Waals surface area contributed by atoms with E-state index in [9.17, 15) is 9.59 Å². The number of esters is 1. The molecule has 0 aliphatic heterocycles. The Morgan fingerprint density at radius 2 is 1.95 bits per heavy atom. The molecule has 0 aliphatic carbocycles. The van der Waals surface area contributed by atoms with E-state index in [1.807, 2.05) is 25.1 Å². The van der Waals surface area contributed by atoms with Crippen LogP contribution in [0.2, 0.25) is 0 Å². The van der Waals surface area contributed by atoms with Crippen LogP contribution >= 0.6 is 0 Å². The number of ether oxygens (including phenoxy) is 2. The highest BCUT2D eigenvalue weighted by molar-refractivity contribution is 5.83. The molecule has 0 saturated heterocycles. The largest absolute Gasteiger partial charge is 0.491 e. The number of nitrogens with one attached hydrogen (secondary N) is 1. The fraction of sp³-hybridized carbons (Fsp3) is 0.500. The van der Waals surface area contributed by atoms with Gasteiger partial charge in [-0.15, -0.1) is 0 Å². The van der Waals surface area contributed by atoms with Crippen LogP contribution in [-0.4, -0.2) is 31.6 Å². The number of aryl methyl sites for hydroxylation is 1. The molecule has 1 atom stereocenters. The summed E-state index contributed by atoms with van der Waals surface area (Å²) in [6.45, 7) is 7.66. The summed E-state index contributed by atoms with van der Waals surface area (Å²) in [6, 6.07) is 5.00. The zero-order valence-corrected chi connectivity index (χ0v) is 13.2. The number of carbonyl (C=O) groups excluding carboxylic acids is 2. The van der Waals surface area contributed by atoms with Crippen LogP contribution in [-0.2, 0) is 14.3 Å². The van der Waals surface area contributed by atoms with Crippen molar-refractivity contribution < 1.29 is 19.1 Å². The fourth-order valence-electron chi connectivity index (χ4n) is 2.12. The third kappa shape index (κ3) is 5.10. The number of hydrogen-bond acceptors (Lipinski definition) is 4. The van der Waals surface area contributed by atoms with Crippen molar-refractivity contribution in [1.82, 2.24) is 5.32 Å². The summed E-state index contributed by atoms with van der Waals surface area (Å²) in [6.07, 6.45) is 0. The van der Waals surface area contributed by atoms with E-state index >= 15 is 0 Å². The van der Waals surface area contributed by atoms with Crippen molar-refractivity contribution >= 4 is 11.9 Å². The van der Waals surface area contributed by atoms with Crippen LogP contribution in [0.15, 0.2) is 18.2 Å². The second-order valence-electron chi connectivity index (χ2n) is 5.26. The normalized spacial score (nSPS) is 11.9. The lowest BCUT2D eigenvalue weighted by molar-refractivity contribution is -0.145. The van der Waals surface area contributed by atoms with Crippen LogP contribution < -0.4 is 10.1 Å². The van der Waals surface area contributed by atoms with Gasteiger partial charge in [0.1, 0.15) is 12.4 Å². The number of methoxy groups -OCH3 is 1. The van der Waals surface area contributed by atoms with Crippen molar-refractivity contribution in [3.8, 4) is 5.75 Å². The van der Waals surface area contributed by atoms with Crippen LogP contribution in [0.25, 0.3) is 0 Å². The molecular weight excluding hydrogens is 270 g/mol. The van der Waals surface area contributed by atoms with Gasteiger partial charge in [0.05, 0.1) is 7.11 Å². The Balaban J connectivity index is 2.73. The van der Waals surface area contributed by atoms with Gasteiger partial charge >= 0.3 is 5.97 Å². The molecule has 1 N–H and O–H groups in total. The van der Waals surface area contributed by atoms with E-state index in [1.54, 1.807) is 0 Å². The molecule has 1 unspecified atom stereocenters. The van der Waals surface area contributed by atoms with E-state index in [0.29, 0.717) is 11.7 Å². The summed E-state index contributed by atoms with van der Waals surface area (Å²) < 4.78 is 10.2. The Labute approximate surface area is 125 Å². The quantitative estimate of drug-likeness (QED) is 0.816. The molecule has 0 fully saturated rings. The van der Waals surface area contributed by atoms with Crippen LogP contribution in [0.3, 0.4) is 0 Å². The standard InChI is InChI=1S/C16H23NO4/c1-10(2)14-7-6-13(8-11(14)3)21-9-15(16(19)20-5)17-12(4)18/h6-8,10,15H,9H2,1-5H3,(H,17,18). The molecule has 0 heterocycles. The summed E-state index contributed by atoms with van der Waals surface area (Å²) in [5.41, 5.74) is 2.39. The van der Waals surface area contributed by atoms with Gasteiger partial charge in [-0.1, -0.05) is 19.9 Å². The predicted molar refractivity (Wildman–Crippen MR) is 80.4 cm³/mol. The maximum Gasteiger partial charge on any atom is 0.331 e. The second kappa shape index (κ2) is 7.67. The Kier molecular flexibility index (Phi) is 6.21. The number of amides is 1. The predicted octanol–water partition coefficient (Wildman–Crippen LogP) is 2.17. The van der Waals surface area contributed by atoms with Gasteiger partial charge in [-0.2, -0.15) is 0 Å². The number of carbonyl (C=O) groups is 2. The fourth-order valence-corrected chi connectivity index (χ4v) is 2.12. The molecule has 0 aliphatic rings. The molecular formula is C16H23NO4. The van der Waals surface area contributed by atoms with E-state index in [1.165, 1.54) is 19.6 Å². The van der Waals surface area contributed by atoms with E-state index in [-0.39, 0.29) is 12.5 Å². The SMILES string of the molecule is COC(=O)C(COc1ccc(C(C)C)c(C)c1)NC(C)=O. The van der Waals surface area contributed by atoms with Gasteiger partial charge in [-0.05, 0) is 36.1 Å². The molecule has 1 rings (SSSR count). The topological polar surface area (TPSA) is 64.6 Å². The molecule has 1 aromatic carbocycles. The first-order chi connectivity index (χ1) is 9.85. The molecule has 0 saturated carbocycles. The second-order valence-corrected chi connectivity index (χ2v) is 5.26. The summed E-state index contributed by atoms with van der Waals surface area (Å²) >= 11 is 0. The van der Waals surface area contributed by atoms with Crippen molar-refractivity contribution in [1.29, 1.82) is 0 Å². The zero-order chi connectivity index (χ0) is 16.0. The van der Waals surface area contributed by atoms with Crippen LogP contribution in [0.4, 0.5) is 0 Å². The van der Waals surface area contributed by atoms with Gasteiger partial charge in [0.2, 0.25) is 5.91 Å². The lowest BCUT2D eigenvalue weighted by atomic mass is 9.98. The van der Waals surface area contributed by atoms with Gasteiger partial charge in [-0.25, -0.2) is 4.79 Å². The number of hydrogen-bond donors (Lipinski definition) is 1. The van der Waals surface area contributed by atoms with E-state index < -0.39 is 12.0 Å². The minimum absolute atomic E-state index is 0.0344. The van der Waals surface area contributed by atoms with Gasteiger partial charge in [-0.3, -0.25) is 4.79 Å². The number of rotatable bonds is 6. The maximum absolute atomic E-state index is 11.6. The molecule has 5 nitrogen and oxygen atoms in total. The zero-order valence-electron chi connectivity index (χ0n) is 13.2. The molecule has 21 heavy (non-hydrogen) atoms.